The van der Waals surface area contributed by atoms with Crippen molar-refractivity contribution in [3.05, 3.63) is 83.9 Å². The highest BCUT2D eigenvalue weighted by molar-refractivity contribution is 5.89. The third kappa shape index (κ3) is 13.2. The number of aliphatic imine (C=N–C) groups is 1. The van der Waals surface area contributed by atoms with Crippen LogP contribution in [0.3, 0.4) is 0 Å². The topological polar surface area (TPSA) is 122 Å². The van der Waals surface area contributed by atoms with Gasteiger partial charge in [-0.05, 0) is 36.3 Å². The molecule has 3 rings (SSSR count). The van der Waals surface area contributed by atoms with Gasteiger partial charge in [0.2, 0.25) is 0 Å². The highest BCUT2D eigenvalue weighted by Gasteiger charge is 2.28. The lowest BCUT2D eigenvalue weighted by Crippen LogP contribution is -2.35. The fraction of sp³-hybridized carbons (Fsp3) is 0.452. The van der Waals surface area contributed by atoms with Crippen molar-refractivity contribution in [2.75, 3.05) is 19.6 Å². The largest absolute Gasteiger partial charge is 0.478 e. The maximum absolute atomic E-state index is 9.55. The Kier molecular flexibility index (Phi) is 16.8. The summed E-state index contributed by atoms with van der Waals surface area (Å²) in [6, 6.07) is 22.1. The number of aliphatic carboxylic acids is 2. The summed E-state index contributed by atoms with van der Waals surface area (Å²) >= 11 is 0. The van der Waals surface area contributed by atoms with Gasteiger partial charge in [-0.15, -0.1) is 0 Å². The van der Waals surface area contributed by atoms with E-state index in [9.17, 15) is 9.59 Å². The van der Waals surface area contributed by atoms with Gasteiger partial charge in [0, 0.05) is 37.7 Å². The molecule has 1 aliphatic rings. The number of nitrogens with zero attached hydrogens (tertiary/aromatic N) is 2. The minimum absolute atomic E-state index is 0. The van der Waals surface area contributed by atoms with Crippen LogP contribution in [0.1, 0.15) is 75.3 Å². The number of hydrogen-bond donors (Lipinski definition) is 2. The van der Waals surface area contributed by atoms with Crippen LogP contribution in [-0.2, 0) is 9.59 Å². The molecule has 0 aliphatic carbocycles. The van der Waals surface area contributed by atoms with Crippen molar-refractivity contribution in [3.8, 4) is 0 Å². The molecule has 1 aliphatic heterocycles. The van der Waals surface area contributed by atoms with Gasteiger partial charge in [0.15, 0.2) is 0 Å². The Hall–Kier alpha value is -3.45. The summed E-state index contributed by atoms with van der Waals surface area (Å²) in [5.74, 6) is -1.32. The number of carbonyl (C=O) groups is 2. The Morgan fingerprint density at radius 1 is 0.842 bits per heavy atom. The minimum atomic E-state index is -1.26. The molecular formula is C31H44N2O5. The predicted molar refractivity (Wildman–Crippen MR) is 154 cm³/mol. The molecule has 0 radical (unpaired) electrons. The quantitative estimate of drug-likeness (QED) is 0.148. The van der Waals surface area contributed by atoms with Gasteiger partial charge < -0.3 is 20.6 Å². The first kappa shape index (κ1) is 32.6. The highest BCUT2D eigenvalue weighted by atomic mass is 16.4. The minimum Gasteiger partial charge on any atom is -0.478 e. The Bertz CT molecular complexity index is 899. The summed E-state index contributed by atoms with van der Waals surface area (Å²) in [7, 11) is 0. The van der Waals surface area contributed by atoms with E-state index in [1.807, 2.05) is 0 Å². The molecule has 208 valence electrons. The number of likely N-dealkylation sites (tertiary alicyclic amines) is 1. The van der Waals surface area contributed by atoms with Gasteiger partial charge in [-0.1, -0.05) is 99.7 Å². The highest BCUT2D eigenvalue weighted by Crippen LogP contribution is 2.37. The molecular weight excluding hydrogens is 480 g/mol. The molecule has 38 heavy (non-hydrogen) atoms. The molecule has 4 N–H and O–H groups in total. The lowest BCUT2D eigenvalue weighted by Gasteiger charge is -2.36. The van der Waals surface area contributed by atoms with Crippen molar-refractivity contribution in [1.82, 2.24) is 4.90 Å². The fourth-order valence-electron chi connectivity index (χ4n) is 4.72. The number of unbranched alkanes of at least 4 members (excludes halogenated alkanes) is 5. The molecule has 2 aromatic carbocycles. The number of carboxylic acids is 2. The first-order chi connectivity index (χ1) is 18.0. The summed E-state index contributed by atoms with van der Waals surface area (Å²) < 4.78 is 0. The monoisotopic (exact) mass is 524 g/mol. The number of piperidine rings is 1. The van der Waals surface area contributed by atoms with E-state index in [-0.39, 0.29) is 5.48 Å². The van der Waals surface area contributed by atoms with Crippen molar-refractivity contribution < 1.29 is 25.3 Å². The van der Waals surface area contributed by atoms with Crippen molar-refractivity contribution in [1.29, 1.82) is 0 Å². The summed E-state index contributed by atoms with van der Waals surface area (Å²) in [5, 5.41) is 15.6. The van der Waals surface area contributed by atoms with Crippen molar-refractivity contribution in [2.45, 2.75) is 64.2 Å². The van der Waals surface area contributed by atoms with Crippen molar-refractivity contribution in [3.63, 3.8) is 0 Å². The molecule has 0 amide bonds. The van der Waals surface area contributed by atoms with Gasteiger partial charge in [-0.2, -0.15) is 0 Å². The Morgan fingerprint density at radius 3 is 1.79 bits per heavy atom. The molecule has 0 saturated carbocycles. The average Bonchev–Trinajstić information content (AvgIpc) is 2.92. The molecule has 1 fully saturated rings. The number of hydrogen-bond acceptors (Lipinski definition) is 3. The summed E-state index contributed by atoms with van der Waals surface area (Å²) in [5.41, 5.74) is 2.91. The Labute approximate surface area is 227 Å². The lowest BCUT2D eigenvalue weighted by atomic mass is 9.76. The van der Waals surface area contributed by atoms with Gasteiger partial charge >= 0.3 is 11.9 Å². The summed E-state index contributed by atoms with van der Waals surface area (Å²) in [6.07, 6.45) is 13.7. The van der Waals surface area contributed by atoms with Crippen LogP contribution < -0.4 is 0 Å². The molecule has 2 aromatic rings. The SMILES string of the molecule is CCCCCCCC/N=C/N1CCC(C(c2ccccc2)c2ccccc2)CC1.O.O=C(O)/C=C/C(=O)O. The van der Waals surface area contributed by atoms with Gasteiger partial charge in [0.05, 0.1) is 6.34 Å². The van der Waals surface area contributed by atoms with Gasteiger partial charge in [0.25, 0.3) is 0 Å². The lowest BCUT2D eigenvalue weighted by molar-refractivity contribution is -0.134. The summed E-state index contributed by atoms with van der Waals surface area (Å²) in [4.78, 5) is 26.2. The van der Waals surface area contributed by atoms with E-state index in [0.29, 0.717) is 24.0 Å². The van der Waals surface area contributed by atoms with Gasteiger partial charge in [0.1, 0.15) is 0 Å². The number of carboxylic acid groups (broad SMARTS) is 2. The maximum atomic E-state index is 9.55. The number of benzene rings is 2. The van der Waals surface area contributed by atoms with Crippen LogP contribution in [0.5, 0.6) is 0 Å². The van der Waals surface area contributed by atoms with Crippen LogP contribution in [0, 0.1) is 5.92 Å². The second-order valence-corrected chi connectivity index (χ2v) is 9.47. The van der Waals surface area contributed by atoms with E-state index in [4.69, 9.17) is 15.2 Å². The Morgan fingerprint density at radius 2 is 1.32 bits per heavy atom. The van der Waals surface area contributed by atoms with Crippen molar-refractivity contribution >= 4 is 18.3 Å². The Balaban J connectivity index is 0.000000699. The van der Waals surface area contributed by atoms with Crippen LogP contribution in [0.15, 0.2) is 77.8 Å². The van der Waals surface area contributed by atoms with Gasteiger partial charge in [-0.3, -0.25) is 4.99 Å². The zero-order valence-corrected chi connectivity index (χ0v) is 22.5. The molecule has 0 bridgehead atoms. The average molecular weight is 525 g/mol. The van der Waals surface area contributed by atoms with Crippen LogP contribution in [-0.4, -0.2) is 58.5 Å². The van der Waals surface area contributed by atoms with Crippen LogP contribution >= 0.6 is 0 Å². The summed E-state index contributed by atoms with van der Waals surface area (Å²) in [6.45, 7) is 5.51. The molecule has 7 heteroatoms. The normalized spacial score (nSPS) is 13.8. The standard InChI is InChI=1S/C27H38N2.C4H4O4.H2O/c1-2-3-4-5-6-13-20-28-23-29-21-18-26(19-22-29)27(24-14-9-7-10-15-24)25-16-11-8-12-17-25;5-3(6)1-2-4(7)8;/h7-12,14-17,23,26-27H,2-6,13,18-22H2,1H3;1-2H,(H,5,6)(H,7,8);1H2/b28-23+;2-1+;. The number of rotatable bonds is 13. The van der Waals surface area contributed by atoms with E-state index < -0.39 is 11.9 Å². The van der Waals surface area contributed by atoms with Gasteiger partial charge in [-0.25, -0.2) is 9.59 Å². The molecule has 1 heterocycles. The first-order valence-corrected chi connectivity index (χ1v) is 13.5. The first-order valence-electron chi connectivity index (χ1n) is 13.5. The van der Waals surface area contributed by atoms with E-state index >= 15 is 0 Å². The van der Waals surface area contributed by atoms with E-state index in [1.54, 1.807) is 0 Å². The molecule has 1 saturated heterocycles. The zero-order chi connectivity index (χ0) is 26.7. The van der Waals surface area contributed by atoms with Crippen LogP contribution in [0.4, 0.5) is 0 Å². The van der Waals surface area contributed by atoms with Crippen LogP contribution in [0.25, 0.3) is 0 Å². The smallest absolute Gasteiger partial charge is 0.328 e. The van der Waals surface area contributed by atoms with E-state index in [1.165, 1.54) is 62.5 Å². The second kappa shape index (κ2) is 19.6. The zero-order valence-electron chi connectivity index (χ0n) is 22.5. The maximum Gasteiger partial charge on any atom is 0.328 e. The molecule has 7 nitrogen and oxygen atoms in total. The molecule has 0 unspecified atom stereocenters. The van der Waals surface area contributed by atoms with E-state index in [2.05, 4.69) is 78.8 Å². The fourth-order valence-corrected chi connectivity index (χ4v) is 4.72. The second-order valence-electron chi connectivity index (χ2n) is 9.47. The van der Waals surface area contributed by atoms with Crippen LogP contribution in [0.2, 0.25) is 0 Å². The molecule has 0 atom stereocenters. The van der Waals surface area contributed by atoms with Crippen molar-refractivity contribution in [2.24, 2.45) is 10.9 Å². The molecule has 0 aromatic heterocycles. The van der Waals surface area contributed by atoms with E-state index in [0.717, 1.165) is 19.6 Å². The third-order valence-corrected chi connectivity index (χ3v) is 6.62. The molecule has 0 spiro atoms. The third-order valence-electron chi connectivity index (χ3n) is 6.62. The predicted octanol–water partition coefficient (Wildman–Crippen LogP) is 5.81.